The van der Waals surface area contributed by atoms with Crippen molar-refractivity contribution in [1.29, 1.82) is 0 Å². The summed E-state index contributed by atoms with van der Waals surface area (Å²) in [5, 5.41) is 6.64. The van der Waals surface area contributed by atoms with Gasteiger partial charge in [0.2, 0.25) is 0 Å². The molecule has 0 aliphatic carbocycles. The van der Waals surface area contributed by atoms with Crippen LogP contribution in [0.4, 0.5) is 23.0 Å². The number of aromatic nitrogens is 2. The van der Waals surface area contributed by atoms with Gasteiger partial charge in [0.25, 0.3) is 0 Å². The van der Waals surface area contributed by atoms with E-state index in [2.05, 4.69) is 53.5 Å². The van der Waals surface area contributed by atoms with Crippen molar-refractivity contribution in [2.24, 2.45) is 0 Å². The molecule has 2 N–H and O–H groups in total. The predicted octanol–water partition coefficient (Wildman–Crippen LogP) is 4.98. The minimum Gasteiger partial charge on any atom is -0.465 e. The average molecular weight is 376 g/mol. The van der Waals surface area contributed by atoms with Gasteiger partial charge in [-0.2, -0.15) is 0 Å². The summed E-state index contributed by atoms with van der Waals surface area (Å²) in [5.74, 6) is 1.60. The number of carbonyl (C=O) groups excluding carboxylic acids is 1. The van der Waals surface area contributed by atoms with Crippen LogP contribution in [0.15, 0.2) is 42.5 Å². The standard InChI is InChI=1S/C22H24N4O2/c1-13-9-14(2)21(15(3)10-13)26-20-12-19(23-16(4)24-20)25-18-8-6-7-17(11-18)22(27)28-5/h6-12H,1-5H3,(H2,23,24,25,26). The van der Waals surface area contributed by atoms with Gasteiger partial charge in [-0.25, -0.2) is 14.8 Å². The SMILES string of the molecule is COC(=O)c1cccc(Nc2cc(Nc3c(C)cc(C)cc3C)nc(C)n2)c1. The number of methoxy groups -OCH3 is 1. The Morgan fingerprint density at radius 2 is 1.54 bits per heavy atom. The van der Waals surface area contributed by atoms with Crippen LogP contribution in [-0.4, -0.2) is 23.0 Å². The molecule has 28 heavy (non-hydrogen) atoms. The van der Waals surface area contributed by atoms with Gasteiger partial charge >= 0.3 is 5.97 Å². The van der Waals surface area contributed by atoms with E-state index in [4.69, 9.17) is 4.74 Å². The van der Waals surface area contributed by atoms with E-state index < -0.39 is 0 Å². The lowest BCUT2D eigenvalue weighted by atomic mass is 10.1. The molecule has 144 valence electrons. The first-order chi connectivity index (χ1) is 13.4. The van der Waals surface area contributed by atoms with Gasteiger partial charge < -0.3 is 15.4 Å². The fraction of sp³-hybridized carbons (Fsp3) is 0.227. The minimum atomic E-state index is -0.379. The molecule has 0 unspecified atom stereocenters. The molecule has 0 aliphatic rings. The predicted molar refractivity (Wildman–Crippen MR) is 112 cm³/mol. The number of esters is 1. The zero-order valence-electron chi connectivity index (χ0n) is 16.8. The fourth-order valence-electron chi connectivity index (χ4n) is 3.19. The topological polar surface area (TPSA) is 76.1 Å². The van der Waals surface area contributed by atoms with E-state index in [0.717, 1.165) is 22.5 Å². The van der Waals surface area contributed by atoms with Gasteiger partial charge in [0, 0.05) is 17.4 Å². The first kappa shape index (κ1) is 19.4. The van der Waals surface area contributed by atoms with Gasteiger partial charge in [-0.3, -0.25) is 0 Å². The van der Waals surface area contributed by atoms with Crippen LogP contribution < -0.4 is 10.6 Å². The van der Waals surface area contributed by atoms with E-state index in [1.165, 1.54) is 12.7 Å². The second-order valence-corrected chi connectivity index (χ2v) is 6.78. The molecule has 3 rings (SSSR count). The molecule has 2 aromatic carbocycles. The van der Waals surface area contributed by atoms with Crippen molar-refractivity contribution < 1.29 is 9.53 Å². The highest BCUT2D eigenvalue weighted by atomic mass is 16.5. The van der Waals surface area contributed by atoms with Crippen LogP contribution in [0.2, 0.25) is 0 Å². The lowest BCUT2D eigenvalue weighted by Crippen LogP contribution is -2.04. The summed E-state index contributed by atoms with van der Waals surface area (Å²) in [6.07, 6.45) is 0. The van der Waals surface area contributed by atoms with Gasteiger partial charge in [-0.1, -0.05) is 23.8 Å². The number of nitrogens with zero attached hydrogens (tertiary/aromatic N) is 2. The Labute approximate surface area is 165 Å². The van der Waals surface area contributed by atoms with E-state index >= 15 is 0 Å². The van der Waals surface area contributed by atoms with Crippen molar-refractivity contribution in [2.75, 3.05) is 17.7 Å². The molecule has 6 heteroatoms. The number of ether oxygens (including phenoxy) is 1. The highest BCUT2D eigenvalue weighted by molar-refractivity contribution is 5.90. The molecule has 0 fully saturated rings. The second-order valence-electron chi connectivity index (χ2n) is 6.78. The maximum absolute atomic E-state index is 11.7. The van der Waals surface area contributed by atoms with Crippen molar-refractivity contribution >= 4 is 29.0 Å². The molecule has 3 aromatic rings. The number of carbonyl (C=O) groups is 1. The van der Waals surface area contributed by atoms with E-state index in [9.17, 15) is 4.79 Å². The van der Waals surface area contributed by atoms with Crippen molar-refractivity contribution in [3.05, 3.63) is 70.5 Å². The number of benzene rings is 2. The maximum Gasteiger partial charge on any atom is 0.337 e. The van der Waals surface area contributed by atoms with Crippen molar-refractivity contribution in [1.82, 2.24) is 9.97 Å². The third kappa shape index (κ3) is 4.46. The van der Waals surface area contributed by atoms with Crippen LogP contribution in [0.3, 0.4) is 0 Å². The Hall–Kier alpha value is -3.41. The number of hydrogen-bond acceptors (Lipinski definition) is 6. The average Bonchev–Trinajstić information content (AvgIpc) is 2.64. The van der Waals surface area contributed by atoms with E-state index in [-0.39, 0.29) is 5.97 Å². The summed E-state index contributed by atoms with van der Waals surface area (Å²) in [6.45, 7) is 8.08. The molecule has 1 aromatic heterocycles. The summed E-state index contributed by atoms with van der Waals surface area (Å²) in [6, 6.07) is 13.2. The molecule has 0 aliphatic heterocycles. The summed E-state index contributed by atoms with van der Waals surface area (Å²) in [7, 11) is 1.36. The molecule has 0 bridgehead atoms. The van der Waals surface area contributed by atoms with E-state index in [1.54, 1.807) is 18.2 Å². The zero-order chi connectivity index (χ0) is 20.3. The van der Waals surface area contributed by atoms with Crippen LogP contribution in [0, 0.1) is 27.7 Å². The summed E-state index contributed by atoms with van der Waals surface area (Å²) < 4.78 is 4.77. The molecule has 0 saturated carbocycles. The van der Waals surface area contributed by atoms with Crippen molar-refractivity contribution in [2.45, 2.75) is 27.7 Å². The molecule has 1 heterocycles. The quantitative estimate of drug-likeness (QED) is 0.611. The van der Waals surface area contributed by atoms with Crippen molar-refractivity contribution in [3.63, 3.8) is 0 Å². The smallest absolute Gasteiger partial charge is 0.337 e. The van der Waals surface area contributed by atoms with Gasteiger partial charge in [-0.05, 0) is 57.0 Å². The van der Waals surface area contributed by atoms with Crippen molar-refractivity contribution in [3.8, 4) is 0 Å². The number of hydrogen-bond donors (Lipinski definition) is 2. The van der Waals surface area contributed by atoms with Gasteiger partial charge in [0.05, 0.1) is 12.7 Å². The van der Waals surface area contributed by atoms with Gasteiger partial charge in [-0.15, -0.1) is 0 Å². The van der Waals surface area contributed by atoms with Crippen LogP contribution in [0.25, 0.3) is 0 Å². The van der Waals surface area contributed by atoms with Gasteiger partial charge in [0.15, 0.2) is 0 Å². The highest BCUT2D eigenvalue weighted by Crippen LogP contribution is 2.26. The highest BCUT2D eigenvalue weighted by Gasteiger charge is 2.09. The molecule has 6 nitrogen and oxygen atoms in total. The summed E-state index contributed by atoms with van der Waals surface area (Å²) in [5.41, 5.74) is 5.81. The first-order valence-corrected chi connectivity index (χ1v) is 9.01. The van der Waals surface area contributed by atoms with Crippen LogP contribution >= 0.6 is 0 Å². The first-order valence-electron chi connectivity index (χ1n) is 9.01. The summed E-state index contributed by atoms with van der Waals surface area (Å²) >= 11 is 0. The molecule has 0 amide bonds. The number of nitrogens with one attached hydrogen (secondary N) is 2. The Morgan fingerprint density at radius 1 is 0.893 bits per heavy atom. The maximum atomic E-state index is 11.7. The second kappa shape index (κ2) is 8.08. The number of rotatable bonds is 5. The third-order valence-electron chi connectivity index (χ3n) is 4.32. The largest absolute Gasteiger partial charge is 0.465 e. The fourth-order valence-corrected chi connectivity index (χ4v) is 3.19. The van der Waals surface area contributed by atoms with E-state index in [1.807, 2.05) is 19.1 Å². The number of anilines is 4. The summed E-state index contributed by atoms with van der Waals surface area (Å²) in [4.78, 5) is 20.7. The molecule has 0 radical (unpaired) electrons. The molecule has 0 atom stereocenters. The van der Waals surface area contributed by atoms with Gasteiger partial charge in [0.1, 0.15) is 17.5 Å². The Kier molecular flexibility index (Phi) is 5.59. The van der Waals surface area contributed by atoms with Crippen LogP contribution in [-0.2, 0) is 4.74 Å². The Morgan fingerprint density at radius 3 is 2.18 bits per heavy atom. The van der Waals surface area contributed by atoms with Crippen LogP contribution in [0.5, 0.6) is 0 Å². The normalized spacial score (nSPS) is 10.5. The zero-order valence-corrected chi connectivity index (χ0v) is 16.8. The monoisotopic (exact) mass is 376 g/mol. The number of aryl methyl sites for hydroxylation is 4. The Balaban J connectivity index is 1.88. The third-order valence-corrected chi connectivity index (χ3v) is 4.32. The van der Waals surface area contributed by atoms with E-state index in [0.29, 0.717) is 23.0 Å². The molecule has 0 spiro atoms. The lowest BCUT2D eigenvalue weighted by Gasteiger charge is -2.15. The lowest BCUT2D eigenvalue weighted by molar-refractivity contribution is 0.0601. The van der Waals surface area contributed by atoms with Crippen LogP contribution in [0.1, 0.15) is 32.9 Å². The molecular weight excluding hydrogens is 352 g/mol. The molecule has 0 saturated heterocycles. The molecular formula is C22H24N4O2. The minimum absolute atomic E-state index is 0.379. The Bertz CT molecular complexity index is 1010.